The van der Waals surface area contributed by atoms with Crippen LogP contribution in [0.2, 0.25) is 0 Å². The van der Waals surface area contributed by atoms with Crippen LogP contribution in [0.15, 0.2) is 36.4 Å². The van der Waals surface area contributed by atoms with E-state index in [1.165, 1.54) is 11.8 Å². The van der Waals surface area contributed by atoms with Gasteiger partial charge in [0.15, 0.2) is 6.10 Å². The third-order valence-electron chi connectivity index (χ3n) is 7.87. The van der Waals surface area contributed by atoms with Gasteiger partial charge in [0, 0.05) is 5.56 Å². The first-order valence-electron chi connectivity index (χ1n) is 11.7. The first-order valence-corrected chi connectivity index (χ1v) is 13.1. The Balaban J connectivity index is 1.35. The van der Waals surface area contributed by atoms with Crippen molar-refractivity contribution in [3.8, 4) is 0 Å². The number of likely N-dealkylation sites (tertiary alicyclic amines) is 1. The van der Waals surface area contributed by atoms with Crippen molar-refractivity contribution in [3.05, 3.63) is 47.5 Å². The number of carbonyl (C=O) groups is 4. The maximum Gasteiger partial charge on any atom is 0.330 e. The number of esters is 1. The molecule has 1 aromatic rings. The smallest absolute Gasteiger partial charge is 0.330 e. The summed E-state index contributed by atoms with van der Waals surface area (Å²) in [6.45, 7) is 3.47. The van der Waals surface area contributed by atoms with E-state index in [2.05, 4.69) is 12.2 Å². The van der Waals surface area contributed by atoms with Crippen molar-refractivity contribution >= 4 is 35.3 Å². The molecule has 2 amide bonds. The summed E-state index contributed by atoms with van der Waals surface area (Å²) < 4.78 is 5.56. The lowest BCUT2D eigenvalue weighted by atomic mass is 9.63. The maximum atomic E-state index is 13.5. The summed E-state index contributed by atoms with van der Waals surface area (Å²) in [7, 11) is 0. The lowest BCUT2D eigenvalue weighted by molar-refractivity contribution is -0.160. The normalized spacial score (nSPS) is 32.9. The van der Waals surface area contributed by atoms with Gasteiger partial charge in [-0.1, -0.05) is 42.0 Å². The summed E-state index contributed by atoms with van der Waals surface area (Å²) in [5.74, 6) is -0.363. The number of benzene rings is 1. The first kappa shape index (κ1) is 22.4. The number of carbonyl (C=O) groups excluding carboxylic acids is 4. The highest BCUT2D eigenvalue weighted by atomic mass is 32.2. The number of imide groups is 1. The van der Waals surface area contributed by atoms with Crippen LogP contribution < -0.4 is 0 Å². The van der Waals surface area contributed by atoms with E-state index in [4.69, 9.17) is 4.74 Å². The average Bonchev–Trinajstić information content (AvgIpc) is 3.59. The van der Waals surface area contributed by atoms with Crippen LogP contribution in [0, 0.1) is 42.4 Å². The molecule has 174 valence electrons. The van der Waals surface area contributed by atoms with Crippen molar-refractivity contribution < 1.29 is 23.9 Å². The van der Waals surface area contributed by atoms with Gasteiger partial charge >= 0.3 is 5.97 Å². The highest BCUT2D eigenvalue weighted by molar-refractivity contribution is 7.98. The number of ether oxygens (including phenoxy) is 1. The summed E-state index contributed by atoms with van der Waals surface area (Å²) in [5.41, 5.74) is 1.49. The SMILES string of the molecule is CSCCC(C(=O)OC(C)C(=O)c1ccc(C)cc1)N1C(=O)C2C3C=CC(C4CC34)C2C1=O. The number of thioether (sulfide) groups is 1. The van der Waals surface area contributed by atoms with Crippen LogP contribution in [0.1, 0.15) is 35.7 Å². The number of rotatable bonds is 8. The second-order valence-electron chi connectivity index (χ2n) is 9.81. The van der Waals surface area contributed by atoms with Crippen molar-refractivity contribution in [1.29, 1.82) is 0 Å². The lowest BCUT2D eigenvalue weighted by Gasteiger charge is -2.37. The van der Waals surface area contributed by atoms with E-state index in [0.29, 0.717) is 29.6 Å². The molecule has 6 nitrogen and oxygen atoms in total. The molecule has 1 heterocycles. The van der Waals surface area contributed by atoms with Crippen LogP contribution in [-0.2, 0) is 19.1 Å². The Morgan fingerprint density at radius 3 is 2.18 bits per heavy atom. The minimum atomic E-state index is -1.00. The van der Waals surface area contributed by atoms with Crippen molar-refractivity contribution in [2.24, 2.45) is 35.5 Å². The molecule has 0 N–H and O–H groups in total. The van der Waals surface area contributed by atoms with Gasteiger partial charge in [0.25, 0.3) is 0 Å². The number of hydrogen-bond donors (Lipinski definition) is 0. The van der Waals surface area contributed by atoms with E-state index in [0.717, 1.165) is 12.0 Å². The fourth-order valence-corrected chi connectivity index (χ4v) is 6.59. The Labute approximate surface area is 198 Å². The van der Waals surface area contributed by atoms with Crippen molar-refractivity contribution in [3.63, 3.8) is 0 Å². The largest absolute Gasteiger partial charge is 0.453 e. The fraction of sp³-hybridized carbons (Fsp3) is 0.538. The topological polar surface area (TPSA) is 80.8 Å². The molecule has 1 aliphatic heterocycles. The van der Waals surface area contributed by atoms with E-state index >= 15 is 0 Å². The van der Waals surface area contributed by atoms with E-state index in [1.54, 1.807) is 23.9 Å². The molecule has 8 atom stereocenters. The minimum absolute atomic E-state index is 0.103. The monoisotopic (exact) mass is 467 g/mol. The number of hydrogen-bond acceptors (Lipinski definition) is 6. The number of ketones is 1. The van der Waals surface area contributed by atoms with E-state index in [9.17, 15) is 19.2 Å². The zero-order chi connectivity index (χ0) is 23.4. The number of aryl methyl sites for hydroxylation is 1. The minimum Gasteiger partial charge on any atom is -0.453 e. The summed E-state index contributed by atoms with van der Waals surface area (Å²) in [6, 6.07) is 6.09. The average molecular weight is 468 g/mol. The third-order valence-corrected chi connectivity index (χ3v) is 8.52. The second kappa shape index (κ2) is 8.42. The quantitative estimate of drug-likeness (QED) is 0.253. The van der Waals surface area contributed by atoms with Crippen molar-refractivity contribution in [2.45, 2.75) is 38.8 Å². The zero-order valence-electron chi connectivity index (χ0n) is 19.1. The molecule has 0 radical (unpaired) electrons. The molecule has 4 aliphatic carbocycles. The molecule has 3 fully saturated rings. The molecule has 7 heteroatoms. The molecular formula is C26H29NO5S. The van der Waals surface area contributed by atoms with Crippen LogP contribution in [-0.4, -0.2) is 52.6 Å². The Morgan fingerprint density at radius 1 is 1.06 bits per heavy atom. The van der Waals surface area contributed by atoms with Gasteiger partial charge in [-0.25, -0.2) is 4.79 Å². The van der Waals surface area contributed by atoms with Crippen LogP contribution in [0.3, 0.4) is 0 Å². The first-order chi connectivity index (χ1) is 15.8. The number of allylic oxidation sites excluding steroid dienone is 2. The Kier molecular flexibility index (Phi) is 5.71. The number of nitrogens with zero attached hydrogens (tertiary/aromatic N) is 1. The Bertz CT molecular complexity index is 998. The number of amides is 2. The highest BCUT2D eigenvalue weighted by Crippen LogP contribution is 2.65. The summed E-state index contributed by atoms with van der Waals surface area (Å²) >= 11 is 1.54. The molecule has 0 aromatic heterocycles. The van der Waals surface area contributed by atoms with Gasteiger partial charge in [0.2, 0.25) is 17.6 Å². The highest BCUT2D eigenvalue weighted by Gasteiger charge is 2.68. The molecule has 2 bridgehead atoms. The number of Topliss-reactive ketones (excluding diaryl/α,β-unsaturated/α-hetero) is 1. The summed E-state index contributed by atoms with van der Waals surface area (Å²) in [5, 5.41) is 0. The van der Waals surface area contributed by atoms with Crippen molar-refractivity contribution in [1.82, 2.24) is 4.90 Å². The molecule has 8 unspecified atom stereocenters. The molecule has 2 saturated carbocycles. The van der Waals surface area contributed by atoms with Crippen molar-refractivity contribution in [2.75, 3.05) is 12.0 Å². The van der Waals surface area contributed by atoms with Crippen LogP contribution in [0.4, 0.5) is 0 Å². The van der Waals surface area contributed by atoms with Gasteiger partial charge < -0.3 is 4.74 Å². The standard InChI is InChI=1S/C26H29NO5S/c1-13-4-6-15(7-5-13)23(28)14(2)32-26(31)20(10-11-33-3)27-24(29)21-16-8-9-17(19-12-18(16)19)22(21)25(27)30/h4-9,14,16-22H,10-12H2,1-3H3. The second-order valence-corrected chi connectivity index (χ2v) is 10.8. The zero-order valence-corrected chi connectivity index (χ0v) is 19.9. The molecule has 0 spiro atoms. The van der Waals surface area contributed by atoms with Gasteiger partial charge in [-0.2, -0.15) is 11.8 Å². The maximum absolute atomic E-state index is 13.5. The molecule has 1 aromatic carbocycles. The molecule has 5 aliphatic rings. The van der Waals surface area contributed by atoms with Gasteiger partial charge in [-0.05, 0) is 62.4 Å². The van der Waals surface area contributed by atoms with Crippen LogP contribution in [0.25, 0.3) is 0 Å². The van der Waals surface area contributed by atoms with Gasteiger partial charge in [0.1, 0.15) is 6.04 Å². The Morgan fingerprint density at radius 2 is 1.64 bits per heavy atom. The molecule has 1 saturated heterocycles. The van der Waals surface area contributed by atoms with Gasteiger partial charge in [-0.3, -0.25) is 19.3 Å². The lowest BCUT2D eigenvalue weighted by Crippen LogP contribution is -2.48. The molecule has 33 heavy (non-hydrogen) atoms. The molecule has 6 rings (SSSR count). The molecular weight excluding hydrogens is 438 g/mol. The Hall–Kier alpha value is -2.41. The van der Waals surface area contributed by atoms with E-state index in [-0.39, 0.29) is 41.3 Å². The third kappa shape index (κ3) is 3.65. The van der Waals surface area contributed by atoms with Gasteiger partial charge in [0.05, 0.1) is 11.8 Å². The van der Waals surface area contributed by atoms with E-state index in [1.807, 2.05) is 25.3 Å². The fourth-order valence-electron chi connectivity index (χ4n) is 6.13. The predicted molar refractivity (Wildman–Crippen MR) is 124 cm³/mol. The van der Waals surface area contributed by atoms with Gasteiger partial charge in [-0.15, -0.1) is 0 Å². The summed E-state index contributed by atoms with van der Waals surface area (Å²) in [4.78, 5) is 54.2. The van der Waals surface area contributed by atoms with E-state index < -0.39 is 18.1 Å². The van der Waals surface area contributed by atoms with Crippen LogP contribution >= 0.6 is 11.8 Å². The predicted octanol–water partition coefficient (Wildman–Crippen LogP) is 3.28. The summed E-state index contributed by atoms with van der Waals surface area (Å²) in [6.07, 6.45) is 6.55. The van der Waals surface area contributed by atoms with Crippen LogP contribution in [0.5, 0.6) is 0 Å².